The van der Waals surface area contributed by atoms with Crippen molar-refractivity contribution in [3.8, 4) is 11.5 Å². The number of aromatic hydroxyl groups is 1. The van der Waals surface area contributed by atoms with Gasteiger partial charge in [-0.15, -0.1) is 0 Å². The van der Waals surface area contributed by atoms with Gasteiger partial charge < -0.3 is 15.2 Å². The van der Waals surface area contributed by atoms with Crippen molar-refractivity contribution in [2.75, 3.05) is 12.4 Å². The van der Waals surface area contributed by atoms with E-state index in [0.29, 0.717) is 5.56 Å². The highest BCUT2D eigenvalue weighted by molar-refractivity contribution is 5.57. The third kappa shape index (κ3) is 2.96. The third-order valence-electron chi connectivity index (χ3n) is 2.94. The van der Waals surface area contributed by atoms with Gasteiger partial charge in [0.15, 0.2) is 0 Å². The van der Waals surface area contributed by atoms with Crippen LogP contribution in [-0.4, -0.2) is 12.2 Å². The normalized spacial score (nSPS) is 11.9. The Kier molecular flexibility index (Phi) is 3.90. The van der Waals surface area contributed by atoms with Gasteiger partial charge in [-0.1, -0.05) is 18.2 Å². The molecule has 19 heavy (non-hydrogen) atoms. The van der Waals surface area contributed by atoms with E-state index in [-0.39, 0.29) is 11.8 Å². The number of phenolic OH excluding ortho intramolecular Hbond substituents is 1. The molecule has 2 aromatic carbocycles. The summed E-state index contributed by atoms with van der Waals surface area (Å²) in [6, 6.07) is 11.3. The lowest BCUT2D eigenvalue weighted by Crippen LogP contribution is -2.08. The molecule has 0 heterocycles. The van der Waals surface area contributed by atoms with Crippen LogP contribution in [0.25, 0.3) is 0 Å². The molecular weight excluding hydrogens is 245 g/mol. The van der Waals surface area contributed by atoms with Crippen LogP contribution in [0, 0.1) is 5.82 Å². The fourth-order valence-electron chi connectivity index (χ4n) is 1.96. The summed E-state index contributed by atoms with van der Waals surface area (Å²) in [7, 11) is 1.60. The maximum Gasteiger partial charge on any atom is 0.141 e. The van der Waals surface area contributed by atoms with E-state index < -0.39 is 5.82 Å². The summed E-state index contributed by atoms with van der Waals surface area (Å²) >= 11 is 0. The zero-order valence-corrected chi connectivity index (χ0v) is 10.9. The topological polar surface area (TPSA) is 41.5 Å². The zero-order chi connectivity index (χ0) is 13.8. The molecule has 0 aliphatic rings. The molecule has 3 nitrogen and oxygen atoms in total. The number of hydrogen-bond donors (Lipinski definition) is 2. The lowest BCUT2D eigenvalue weighted by atomic mass is 10.1. The van der Waals surface area contributed by atoms with Crippen molar-refractivity contribution in [3.05, 3.63) is 53.8 Å². The lowest BCUT2D eigenvalue weighted by molar-refractivity contribution is 0.416. The maximum absolute atomic E-state index is 13.0. The van der Waals surface area contributed by atoms with Gasteiger partial charge >= 0.3 is 0 Å². The van der Waals surface area contributed by atoms with E-state index in [1.54, 1.807) is 13.2 Å². The van der Waals surface area contributed by atoms with Crippen LogP contribution in [0.5, 0.6) is 11.5 Å². The summed E-state index contributed by atoms with van der Waals surface area (Å²) in [5, 5.41) is 13.0. The predicted octanol–water partition coefficient (Wildman–Crippen LogP) is 3.71. The maximum atomic E-state index is 13.0. The Hall–Kier alpha value is -2.23. The van der Waals surface area contributed by atoms with Gasteiger partial charge in [0.05, 0.1) is 18.8 Å². The highest BCUT2D eigenvalue weighted by Gasteiger charge is 2.12. The minimum Gasteiger partial charge on any atom is -0.507 e. The molecule has 100 valence electrons. The van der Waals surface area contributed by atoms with Gasteiger partial charge in [0.25, 0.3) is 0 Å². The smallest absolute Gasteiger partial charge is 0.141 e. The second-order valence-electron chi connectivity index (χ2n) is 4.27. The molecule has 1 unspecified atom stereocenters. The molecule has 0 aromatic heterocycles. The van der Waals surface area contributed by atoms with E-state index in [9.17, 15) is 9.50 Å². The molecular formula is C15H16FNO2. The van der Waals surface area contributed by atoms with Crippen molar-refractivity contribution in [2.24, 2.45) is 0 Å². The number of ether oxygens (including phenoxy) is 1. The molecule has 1 atom stereocenters. The van der Waals surface area contributed by atoms with Crippen LogP contribution in [0.4, 0.5) is 10.1 Å². The molecule has 0 fully saturated rings. The molecule has 0 radical (unpaired) electrons. The van der Waals surface area contributed by atoms with Crippen molar-refractivity contribution < 1.29 is 14.2 Å². The van der Waals surface area contributed by atoms with Gasteiger partial charge in [0.1, 0.15) is 17.3 Å². The molecule has 2 rings (SSSR count). The fourth-order valence-corrected chi connectivity index (χ4v) is 1.96. The van der Waals surface area contributed by atoms with Crippen molar-refractivity contribution in [1.82, 2.24) is 0 Å². The second kappa shape index (κ2) is 5.61. The number of rotatable bonds is 4. The Morgan fingerprint density at radius 3 is 2.63 bits per heavy atom. The standard InChI is InChI=1S/C15H16FNO2/c1-10(12-8-7-11(16)9-14(12)18)17-13-5-3-4-6-15(13)19-2/h3-10,17-18H,1-2H3. The fraction of sp³-hybridized carbons (Fsp3) is 0.200. The summed E-state index contributed by atoms with van der Waals surface area (Å²) in [5.41, 5.74) is 1.45. The van der Waals surface area contributed by atoms with E-state index in [1.165, 1.54) is 6.07 Å². The average molecular weight is 261 g/mol. The summed E-state index contributed by atoms with van der Waals surface area (Å²) in [5.74, 6) is 0.205. The Morgan fingerprint density at radius 2 is 1.95 bits per heavy atom. The van der Waals surface area contributed by atoms with Gasteiger partial charge in [0, 0.05) is 11.6 Å². The first-order valence-electron chi connectivity index (χ1n) is 6.00. The molecule has 0 saturated heterocycles. The van der Waals surface area contributed by atoms with Crippen LogP contribution in [0.1, 0.15) is 18.5 Å². The van der Waals surface area contributed by atoms with Crippen molar-refractivity contribution >= 4 is 5.69 Å². The number of benzene rings is 2. The van der Waals surface area contributed by atoms with E-state index in [4.69, 9.17) is 4.74 Å². The van der Waals surface area contributed by atoms with Gasteiger partial charge in [-0.2, -0.15) is 0 Å². The number of methoxy groups -OCH3 is 1. The van der Waals surface area contributed by atoms with E-state index >= 15 is 0 Å². The number of halogens is 1. The SMILES string of the molecule is COc1ccccc1NC(C)c1ccc(F)cc1O. The number of phenols is 1. The highest BCUT2D eigenvalue weighted by Crippen LogP contribution is 2.31. The second-order valence-corrected chi connectivity index (χ2v) is 4.27. The Morgan fingerprint density at radius 1 is 1.21 bits per heavy atom. The first kappa shape index (κ1) is 13.2. The summed E-state index contributed by atoms with van der Waals surface area (Å²) in [6.07, 6.45) is 0. The largest absolute Gasteiger partial charge is 0.507 e. The van der Waals surface area contributed by atoms with Crippen LogP contribution < -0.4 is 10.1 Å². The summed E-state index contributed by atoms with van der Waals surface area (Å²) in [4.78, 5) is 0. The molecule has 0 aliphatic carbocycles. The molecule has 0 saturated carbocycles. The average Bonchev–Trinajstić information content (AvgIpc) is 2.39. The van der Waals surface area contributed by atoms with E-state index in [2.05, 4.69) is 5.32 Å². The first-order valence-corrected chi connectivity index (χ1v) is 6.00. The monoisotopic (exact) mass is 261 g/mol. The summed E-state index contributed by atoms with van der Waals surface area (Å²) in [6.45, 7) is 1.89. The van der Waals surface area contributed by atoms with Gasteiger partial charge in [0.2, 0.25) is 0 Å². The number of hydrogen-bond acceptors (Lipinski definition) is 3. The molecule has 2 aromatic rings. The van der Waals surface area contributed by atoms with Crippen LogP contribution in [0.3, 0.4) is 0 Å². The minimum absolute atomic E-state index is 0.0603. The molecule has 0 bridgehead atoms. The van der Waals surface area contributed by atoms with Gasteiger partial charge in [-0.3, -0.25) is 0 Å². The van der Waals surface area contributed by atoms with Crippen molar-refractivity contribution in [2.45, 2.75) is 13.0 Å². The quantitative estimate of drug-likeness (QED) is 0.881. The molecule has 0 aliphatic heterocycles. The van der Waals surface area contributed by atoms with Gasteiger partial charge in [-0.25, -0.2) is 4.39 Å². The van der Waals surface area contributed by atoms with Crippen LogP contribution in [-0.2, 0) is 0 Å². The Bertz CT molecular complexity index is 572. The van der Waals surface area contributed by atoms with Crippen molar-refractivity contribution in [1.29, 1.82) is 0 Å². The Labute approximate surface area is 111 Å². The molecule has 0 spiro atoms. The summed E-state index contributed by atoms with van der Waals surface area (Å²) < 4.78 is 18.2. The lowest BCUT2D eigenvalue weighted by Gasteiger charge is -2.18. The first-order chi connectivity index (χ1) is 9.11. The highest BCUT2D eigenvalue weighted by atomic mass is 19.1. The molecule has 0 amide bonds. The van der Waals surface area contributed by atoms with Crippen LogP contribution >= 0.6 is 0 Å². The number of nitrogens with one attached hydrogen (secondary N) is 1. The predicted molar refractivity (Wildman–Crippen MR) is 73.1 cm³/mol. The van der Waals surface area contributed by atoms with E-state index in [0.717, 1.165) is 17.5 Å². The molecule has 2 N–H and O–H groups in total. The third-order valence-corrected chi connectivity index (χ3v) is 2.94. The van der Waals surface area contributed by atoms with Crippen LogP contribution in [0.15, 0.2) is 42.5 Å². The van der Waals surface area contributed by atoms with Crippen LogP contribution in [0.2, 0.25) is 0 Å². The van der Waals surface area contributed by atoms with E-state index in [1.807, 2.05) is 31.2 Å². The molecule has 4 heteroatoms. The van der Waals surface area contributed by atoms with Crippen molar-refractivity contribution in [3.63, 3.8) is 0 Å². The number of anilines is 1. The van der Waals surface area contributed by atoms with Gasteiger partial charge in [-0.05, 0) is 25.1 Å². The zero-order valence-electron chi connectivity index (χ0n) is 10.9. The Balaban J connectivity index is 2.23. The minimum atomic E-state index is -0.453. The number of para-hydroxylation sites is 2.